The van der Waals surface area contributed by atoms with Gasteiger partial charge < -0.3 is 19.6 Å². The molecule has 0 aromatic carbocycles. The van der Waals surface area contributed by atoms with Crippen molar-refractivity contribution in [3.05, 3.63) is 12.7 Å². The molecule has 1 N–H and O–H groups in total. The minimum Gasteiger partial charge on any atom is -0.466 e. The summed E-state index contributed by atoms with van der Waals surface area (Å²) in [5, 5.41) is 9.19. The Kier molecular flexibility index (Phi) is 9.31. The van der Waals surface area contributed by atoms with Gasteiger partial charge in [0.1, 0.15) is 6.04 Å². The topological polar surface area (TPSA) is 87.2 Å². The van der Waals surface area contributed by atoms with E-state index in [1.54, 1.807) is 29.7 Å². The predicted molar refractivity (Wildman–Crippen MR) is 133 cm³/mol. The Bertz CT molecular complexity index is 752. The number of likely N-dealkylation sites (tertiary alicyclic amines) is 1. The average molecular weight is 546 g/mol. The van der Waals surface area contributed by atoms with Crippen LogP contribution in [-0.4, -0.2) is 86.4 Å². The molecule has 3 aliphatic heterocycles. The zero-order valence-electron chi connectivity index (χ0n) is 19.7. The number of ether oxygens (including phenoxy) is 1. The van der Waals surface area contributed by atoms with Gasteiger partial charge in [0.05, 0.1) is 23.2 Å². The average Bonchev–Trinajstić information content (AvgIpc) is 3.37. The summed E-state index contributed by atoms with van der Waals surface area (Å²) >= 11 is 5.39. The Morgan fingerprint density at radius 1 is 1.33 bits per heavy atom. The van der Waals surface area contributed by atoms with Crippen LogP contribution in [0.15, 0.2) is 12.7 Å². The number of nitrogens with zero attached hydrogens (tertiary/aromatic N) is 2. The first-order valence-electron chi connectivity index (χ1n) is 12.2. The summed E-state index contributed by atoms with van der Waals surface area (Å²) in [5.74, 6) is -1.61. The fourth-order valence-corrected chi connectivity index (χ4v) is 9.32. The molecule has 3 rings (SSSR count). The van der Waals surface area contributed by atoms with E-state index >= 15 is 0 Å². The molecular weight excluding hydrogens is 508 g/mol. The van der Waals surface area contributed by atoms with E-state index in [1.807, 2.05) is 4.90 Å². The number of esters is 1. The van der Waals surface area contributed by atoms with Gasteiger partial charge in [-0.15, -0.1) is 18.3 Å². The Morgan fingerprint density at radius 2 is 2.09 bits per heavy atom. The summed E-state index contributed by atoms with van der Waals surface area (Å²) in [5.41, 5.74) is 0. The Balaban J connectivity index is 1.98. The number of alkyl halides is 1. The first-order chi connectivity index (χ1) is 15.9. The summed E-state index contributed by atoms with van der Waals surface area (Å²) in [6.07, 6.45) is 6.57. The number of unbranched alkanes of at least 4 members (excludes halogenated alkanes) is 3. The van der Waals surface area contributed by atoms with Gasteiger partial charge in [-0.1, -0.05) is 41.8 Å². The molecule has 9 heteroatoms. The number of carbonyl (C=O) groups is 3. The first-order valence-corrected chi connectivity index (χ1v) is 14.0. The highest BCUT2D eigenvalue weighted by molar-refractivity contribution is 9.09. The van der Waals surface area contributed by atoms with Crippen LogP contribution >= 0.6 is 27.7 Å². The van der Waals surface area contributed by atoms with Crippen LogP contribution in [-0.2, 0) is 19.1 Å². The Hall–Kier alpha value is -1.06. The third kappa shape index (κ3) is 4.87. The third-order valence-electron chi connectivity index (χ3n) is 7.08. The lowest BCUT2D eigenvalue weighted by atomic mass is 9.71. The lowest BCUT2D eigenvalue weighted by Gasteiger charge is -2.38. The number of hydrogen-bond acceptors (Lipinski definition) is 6. The maximum absolute atomic E-state index is 14.0. The van der Waals surface area contributed by atoms with Crippen LogP contribution in [0.5, 0.6) is 0 Å². The smallest absolute Gasteiger partial charge is 0.310 e. The van der Waals surface area contributed by atoms with Gasteiger partial charge in [-0.25, -0.2) is 0 Å². The van der Waals surface area contributed by atoms with Crippen LogP contribution in [0, 0.1) is 11.8 Å². The maximum Gasteiger partial charge on any atom is 0.310 e. The van der Waals surface area contributed by atoms with Gasteiger partial charge in [0.15, 0.2) is 0 Å². The van der Waals surface area contributed by atoms with E-state index in [-0.39, 0.29) is 41.1 Å². The molecule has 3 saturated heterocycles. The predicted octanol–water partition coefficient (Wildman–Crippen LogP) is 2.99. The number of fused-ring (bicyclic) bond motifs is 1. The number of aliphatic hydroxyl groups excluding tert-OH is 1. The van der Waals surface area contributed by atoms with Crippen LogP contribution in [0.2, 0.25) is 0 Å². The largest absolute Gasteiger partial charge is 0.466 e. The molecule has 7 nitrogen and oxygen atoms in total. The van der Waals surface area contributed by atoms with Crippen LogP contribution in [0.4, 0.5) is 0 Å². The molecule has 0 radical (unpaired) electrons. The molecule has 3 unspecified atom stereocenters. The van der Waals surface area contributed by atoms with E-state index in [1.165, 1.54) is 0 Å². The van der Waals surface area contributed by atoms with Crippen molar-refractivity contribution in [2.75, 3.05) is 32.8 Å². The van der Waals surface area contributed by atoms with E-state index < -0.39 is 22.6 Å². The second-order valence-corrected chi connectivity index (χ2v) is 11.9. The maximum atomic E-state index is 14.0. The summed E-state index contributed by atoms with van der Waals surface area (Å²) < 4.78 is 4.73. The normalized spacial score (nSPS) is 32.2. The molecule has 0 aromatic heterocycles. The van der Waals surface area contributed by atoms with Gasteiger partial charge >= 0.3 is 5.97 Å². The number of hydrogen-bond donors (Lipinski definition) is 1. The number of rotatable bonds is 13. The van der Waals surface area contributed by atoms with Gasteiger partial charge in [0.2, 0.25) is 11.8 Å². The number of amides is 2. The van der Waals surface area contributed by atoms with Crippen molar-refractivity contribution in [3.63, 3.8) is 0 Å². The second-order valence-electron chi connectivity index (χ2n) is 9.16. The Morgan fingerprint density at radius 3 is 2.73 bits per heavy atom. The number of carbonyl (C=O) groups excluding carboxylic acids is 3. The van der Waals surface area contributed by atoms with Gasteiger partial charge in [-0.2, -0.15) is 0 Å². The van der Waals surface area contributed by atoms with Crippen LogP contribution in [0.3, 0.4) is 0 Å². The number of aliphatic hydroxyl groups is 1. The summed E-state index contributed by atoms with van der Waals surface area (Å²) in [6.45, 7) is 9.50. The highest BCUT2D eigenvalue weighted by atomic mass is 79.9. The molecule has 33 heavy (non-hydrogen) atoms. The van der Waals surface area contributed by atoms with Gasteiger partial charge in [0.25, 0.3) is 0 Å². The van der Waals surface area contributed by atoms with Crippen molar-refractivity contribution in [1.82, 2.24) is 9.80 Å². The minimum absolute atomic E-state index is 0.0422. The Labute approximate surface area is 209 Å². The highest BCUT2D eigenvalue weighted by Crippen LogP contribution is 2.68. The molecule has 3 fully saturated rings. The zero-order chi connectivity index (χ0) is 24.2. The zero-order valence-corrected chi connectivity index (χ0v) is 22.1. The minimum atomic E-state index is -0.645. The van der Waals surface area contributed by atoms with Gasteiger partial charge in [-0.3, -0.25) is 14.4 Å². The summed E-state index contributed by atoms with van der Waals surface area (Å²) in [4.78, 5) is 44.4. The van der Waals surface area contributed by atoms with Crippen molar-refractivity contribution in [2.24, 2.45) is 11.8 Å². The molecule has 0 saturated carbocycles. The van der Waals surface area contributed by atoms with E-state index in [2.05, 4.69) is 29.4 Å². The van der Waals surface area contributed by atoms with Crippen molar-refractivity contribution >= 4 is 45.5 Å². The van der Waals surface area contributed by atoms with Crippen LogP contribution < -0.4 is 0 Å². The van der Waals surface area contributed by atoms with Crippen molar-refractivity contribution in [1.29, 1.82) is 0 Å². The van der Waals surface area contributed by atoms with E-state index in [9.17, 15) is 19.5 Å². The van der Waals surface area contributed by atoms with Crippen LogP contribution in [0.1, 0.15) is 52.4 Å². The van der Waals surface area contributed by atoms with E-state index in [0.717, 1.165) is 19.3 Å². The van der Waals surface area contributed by atoms with Crippen LogP contribution in [0.25, 0.3) is 0 Å². The monoisotopic (exact) mass is 544 g/mol. The quantitative estimate of drug-likeness (QED) is 0.166. The van der Waals surface area contributed by atoms with Gasteiger partial charge in [0, 0.05) is 36.3 Å². The van der Waals surface area contributed by atoms with Crippen molar-refractivity contribution in [2.45, 2.75) is 73.2 Å². The van der Waals surface area contributed by atoms with Crippen molar-refractivity contribution in [3.8, 4) is 0 Å². The van der Waals surface area contributed by atoms with Crippen molar-refractivity contribution < 1.29 is 24.2 Å². The lowest BCUT2D eigenvalue weighted by molar-refractivity contribution is -0.153. The van der Waals surface area contributed by atoms with E-state index in [4.69, 9.17) is 4.74 Å². The molecule has 2 amide bonds. The molecule has 186 valence electrons. The number of thioether (sulfide) groups is 1. The first kappa shape index (κ1) is 26.5. The molecule has 0 aliphatic carbocycles. The molecule has 3 aliphatic rings. The molecule has 1 spiro atoms. The lowest BCUT2D eigenvalue weighted by Crippen LogP contribution is -2.55. The molecule has 6 atom stereocenters. The summed E-state index contributed by atoms with van der Waals surface area (Å²) in [6, 6.07) is -0.621. The third-order valence-corrected chi connectivity index (χ3v) is 10.3. The fraction of sp³-hybridized carbons (Fsp3) is 0.792. The molecular formula is C24H37BrN2O5S. The molecule has 3 heterocycles. The number of halogens is 1. The molecule has 2 bridgehead atoms. The van der Waals surface area contributed by atoms with Gasteiger partial charge in [-0.05, 0) is 32.6 Å². The SMILES string of the molecule is C=CCN(CCCCC)C(=O)C1N(CCCCO)C(=O)[C@@H]2[C@H](C(=O)OCC)[C@H]3SC12CC3Br. The van der Waals surface area contributed by atoms with E-state index in [0.29, 0.717) is 38.9 Å². The fourth-order valence-electron chi connectivity index (χ4n) is 5.72. The highest BCUT2D eigenvalue weighted by Gasteiger charge is 2.76. The summed E-state index contributed by atoms with van der Waals surface area (Å²) in [7, 11) is 0. The standard InChI is InChI=1S/C24H37BrN2O5S/c1-4-7-8-12-26(11-5-2)22(30)20-24-15-16(25)19(33-24)17(23(31)32-6-3)18(24)21(29)27(20)13-9-10-14-28/h5,16-20,28H,2,4,6-15H2,1,3H3/t16?,17-,18-,19-,20?,24?/m0/s1. The molecule has 0 aromatic rings. The second kappa shape index (κ2) is 11.6.